The van der Waals surface area contributed by atoms with Crippen LogP contribution >= 0.6 is 0 Å². The van der Waals surface area contributed by atoms with Gasteiger partial charge in [0.1, 0.15) is 0 Å². The number of hydrogen-bond donors (Lipinski definition) is 0. The Hall–Kier alpha value is -2.39. The first-order chi connectivity index (χ1) is 14.3. The Balaban J connectivity index is 1.13. The molecule has 3 heteroatoms. The topological polar surface area (TPSA) is 23.6 Å². The van der Waals surface area contributed by atoms with Gasteiger partial charge in [0.05, 0.1) is 5.92 Å². The molecule has 2 aromatic rings. The van der Waals surface area contributed by atoms with Crippen LogP contribution in [0.3, 0.4) is 0 Å². The Morgan fingerprint density at radius 2 is 1.79 bits per heavy atom. The van der Waals surface area contributed by atoms with Crippen LogP contribution in [0.15, 0.2) is 54.6 Å². The average Bonchev–Trinajstić information content (AvgIpc) is 3.06. The molecule has 2 heterocycles. The van der Waals surface area contributed by atoms with E-state index in [4.69, 9.17) is 0 Å². The second-order valence-corrected chi connectivity index (χ2v) is 8.64. The molecule has 0 fully saturated rings. The molecular weight excluding hydrogens is 356 g/mol. The molecule has 3 aliphatic rings. The number of rotatable bonds is 6. The molecular formula is C26H30N2O. The van der Waals surface area contributed by atoms with E-state index in [1.807, 2.05) is 0 Å². The van der Waals surface area contributed by atoms with Crippen molar-refractivity contribution >= 4 is 17.2 Å². The lowest BCUT2D eigenvalue weighted by Crippen LogP contribution is -2.32. The maximum absolute atomic E-state index is 13.0. The lowest BCUT2D eigenvalue weighted by molar-refractivity contribution is -0.119. The highest BCUT2D eigenvalue weighted by molar-refractivity contribution is 6.05. The van der Waals surface area contributed by atoms with E-state index in [0.29, 0.717) is 5.91 Å². The van der Waals surface area contributed by atoms with Gasteiger partial charge < -0.3 is 4.90 Å². The summed E-state index contributed by atoms with van der Waals surface area (Å²) in [7, 11) is 0. The molecule has 0 N–H and O–H groups in total. The Morgan fingerprint density at radius 1 is 0.931 bits per heavy atom. The second-order valence-electron chi connectivity index (χ2n) is 8.64. The van der Waals surface area contributed by atoms with Crippen molar-refractivity contribution in [2.24, 2.45) is 0 Å². The Bertz CT molecular complexity index is 918. The second kappa shape index (κ2) is 8.16. The molecule has 1 aliphatic carbocycles. The number of amides is 1. The van der Waals surface area contributed by atoms with Gasteiger partial charge in [-0.3, -0.25) is 9.69 Å². The summed E-state index contributed by atoms with van der Waals surface area (Å²) in [5.74, 6) is 0.485. The summed E-state index contributed by atoms with van der Waals surface area (Å²) in [6.45, 7) is 4.17. The van der Waals surface area contributed by atoms with Gasteiger partial charge in [-0.2, -0.15) is 0 Å². The van der Waals surface area contributed by atoms with E-state index in [1.165, 1.54) is 28.0 Å². The van der Waals surface area contributed by atoms with Crippen LogP contribution < -0.4 is 4.90 Å². The predicted molar refractivity (Wildman–Crippen MR) is 119 cm³/mol. The van der Waals surface area contributed by atoms with Gasteiger partial charge in [0.2, 0.25) is 5.91 Å². The number of unbranched alkanes of at least 4 members (excludes halogenated alkanes) is 1. The van der Waals surface area contributed by atoms with Crippen LogP contribution in [-0.2, 0) is 11.2 Å². The molecule has 1 atom stereocenters. The van der Waals surface area contributed by atoms with Gasteiger partial charge >= 0.3 is 0 Å². The summed E-state index contributed by atoms with van der Waals surface area (Å²) < 4.78 is 0. The van der Waals surface area contributed by atoms with Crippen molar-refractivity contribution in [1.82, 2.24) is 4.90 Å². The van der Waals surface area contributed by atoms with Gasteiger partial charge in [0, 0.05) is 25.3 Å². The maximum Gasteiger partial charge on any atom is 0.234 e. The molecule has 0 spiro atoms. The van der Waals surface area contributed by atoms with E-state index in [2.05, 4.69) is 64.4 Å². The summed E-state index contributed by atoms with van der Waals surface area (Å²) in [5.41, 5.74) is 6.80. The highest BCUT2D eigenvalue weighted by Crippen LogP contribution is 2.45. The molecule has 0 bridgehead atoms. The quantitative estimate of drug-likeness (QED) is 0.651. The van der Waals surface area contributed by atoms with E-state index >= 15 is 0 Å². The molecule has 0 saturated carbocycles. The normalized spacial score (nSPS) is 21.2. The summed E-state index contributed by atoms with van der Waals surface area (Å²) in [6.07, 6.45) is 9.06. The minimum Gasteiger partial charge on any atom is -0.312 e. The summed E-state index contributed by atoms with van der Waals surface area (Å²) in [6, 6.07) is 17.2. The van der Waals surface area contributed by atoms with E-state index in [1.54, 1.807) is 0 Å². The molecule has 1 unspecified atom stereocenters. The highest BCUT2D eigenvalue weighted by Gasteiger charge is 2.39. The van der Waals surface area contributed by atoms with Crippen LogP contribution in [0.4, 0.5) is 5.69 Å². The lowest BCUT2D eigenvalue weighted by atomic mass is 9.84. The van der Waals surface area contributed by atoms with Crippen molar-refractivity contribution in [1.29, 1.82) is 0 Å². The first kappa shape index (κ1) is 18.6. The minimum atomic E-state index is 0.138. The molecule has 0 radical (unpaired) electrons. The number of carbonyl (C=O) groups is 1. The van der Waals surface area contributed by atoms with Crippen molar-refractivity contribution in [2.45, 2.75) is 44.4 Å². The van der Waals surface area contributed by atoms with Crippen LogP contribution in [0.1, 0.15) is 54.7 Å². The summed E-state index contributed by atoms with van der Waals surface area (Å²) in [5, 5.41) is 0. The Morgan fingerprint density at radius 3 is 2.62 bits per heavy atom. The van der Waals surface area contributed by atoms with E-state index in [9.17, 15) is 4.79 Å². The molecule has 0 saturated heterocycles. The van der Waals surface area contributed by atoms with Gasteiger partial charge in [-0.1, -0.05) is 48.5 Å². The standard InChI is InChI=1S/C26H30N2O/c29-26-23-12-6-10-22-11-7-13-24(25(22)23)28(26)17-5-4-16-27-18-14-21(15-19-27)20-8-2-1-3-9-20/h1-3,7-9,11,13-14,23H,4-6,10,12,15-19H2. The smallest absolute Gasteiger partial charge is 0.234 e. The summed E-state index contributed by atoms with van der Waals surface area (Å²) in [4.78, 5) is 17.6. The van der Waals surface area contributed by atoms with Crippen molar-refractivity contribution < 1.29 is 4.79 Å². The minimum absolute atomic E-state index is 0.138. The number of hydrogen-bond acceptors (Lipinski definition) is 2. The Labute approximate surface area is 174 Å². The number of benzene rings is 2. The molecule has 2 aromatic carbocycles. The summed E-state index contributed by atoms with van der Waals surface area (Å²) >= 11 is 0. The highest BCUT2D eigenvalue weighted by atomic mass is 16.2. The fourth-order valence-corrected chi connectivity index (χ4v) is 5.31. The fraction of sp³-hybridized carbons (Fsp3) is 0.423. The van der Waals surface area contributed by atoms with Crippen molar-refractivity contribution in [3.63, 3.8) is 0 Å². The first-order valence-electron chi connectivity index (χ1n) is 11.2. The molecule has 150 valence electrons. The van der Waals surface area contributed by atoms with Crippen LogP contribution in [0.5, 0.6) is 0 Å². The van der Waals surface area contributed by atoms with Gasteiger partial charge in [0.25, 0.3) is 0 Å². The predicted octanol–water partition coefficient (Wildman–Crippen LogP) is 5.02. The van der Waals surface area contributed by atoms with Gasteiger partial charge in [-0.15, -0.1) is 0 Å². The van der Waals surface area contributed by atoms with Crippen LogP contribution in [-0.4, -0.2) is 37.0 Å². The number of carbonyl (C=O) groups excluding carboxylic acids is 1. The zero-order chi connectivity index (χ0) is 19.6. The molecule has 3 nitrogen and oxygen atoms in total. The Kier molecular flexibility index (Phi) is 5.24. The SMILES string of the molecule is O=C1C2CCCc3cccc(c32)N1CCCCN1CC=C(c2ccccc2)CC1. The average molecular weight is 387 g/mol. The van der Waals surface area contributed by atoms with Gasteiger partial charge in [0.15, 0.2) is 0 Å². The van der Waals surface area contributed by atoms with Crippen molar-refractivity contribution in [3.05, 3.63) is 71.3 Å². The van der Waals surface area contributed by atoms with E-state index in [0.717, 1.165) is 64.7 Å². The van der Waals surface area contributed by atoms with E-state index < -0.39 is 0 Å². The number of aryl methyl sites for hydroxylation is 1. The molecule has 2 aliphatic heterocycles. The third-order valence-electron chi connectivity index (χ3n) is 6.86. The third kappa shape index (κ3) is 3.64. The first-order valence-corrected chi connectivity index (χ1v) is 11.2. The van der Waals surface area contributed by atoms with Gasteiger partial charge in [-0.05, 0) is 73.4 Å². The number of nitrogens with zero attached hydrogens (tertiary/aromatic N) is 2. The number of anilines is 1. The van der Waals surface area contributed by atoms with Crippen LogP contribution in [0.2, 0.25) is 0 Å². The molecule has 0 aromatic heterocycles. The largest absolute Gasteiger partial charge is 0.312 e. The van der Waals surface area contributed by atoms with Crippen LogP contribution in [0.25, 0.3) is 5.57 Å². The molecule has 29 heavy (non-hydrogen) atoms. The third-order valence-corrected chi connectivity index (χ3v) is 6.86. The van der Waals surface area contributed by atoms with E-state index in [-0.39, 0.29) is 5.92 Å². The lowest BCUT2D eigenvalue weighted by Gasteiger charge is -2.27. The molecule has 5 rings (SSSR count). The zero-order valence-electron chi connectivity index (χ0n) is 17.1. The van der Waals surface area contributed by atoms with Crippen molar-refractivity contribution in [3.8, 4) is 0 Å². The van der Waals surface area contributed by atoms with Crippen LogP contribution in [0, 0.1) is 0 Å². The maximum atomic E-state index is 13.0. The van der Waals surface area contributed by atoms with Gasteiger partial charge in [-0.25, -0.2) is 0 Å². The van der Waals surface area contributed by atoms with Crippen molar-refractivity contribution in [2.75, 3.05) is 31.1 Å². The fourth-order valence-electron chi connectivity index (χ4n) is 5.31. The monoisotopic (exact) mass is 386 g/mol. The zero-order valence-corrected chi connectivity index (χ0v) is 17.1. The molecule has 1 amide bonds.